The molecule has 1 saturated carbocycles. The molecular weight excluding hydrogens is 233 g/mol. The number of halogens is 3. The third-order valence-corrected chi connectivity index (χ3v) is 3.13. The number of amides is 1. The van der Waals surface area contributed by atoms with E-state index in [1.54, 1.807) is 0 Å². The van der Waals surface area contributed by atoms with Gasteiger partial charge in [0.05, 0.1) is 0 Å². The van der Waals surface area contributed by atoms with Gasteiger partial charge in [-0.2, -0.15) is 13.2 Å². The molecule has 1 amide bonds. The molecule has 1 fully saturated rings. The van der Waals surface area contributed by atoms with Crippen molar-refractivity contribution in [2.24, 2.45) is 11.7 Å². The molecule has 0 saturated heterocycles. The zero-order valence-electron chi connectivity index (χ0n) is 9.96. The number of carbonyl (C=O) groups is 1. The molecule has 2 atom stereocenters. The fourth-order valence-electron chi connectivity index (χ4n) is 2.28. The molecule has 17 heavy (non-hydrogen) atoms. The smallest absolute Gasteiger partial charge is 0.337 e. The van der Waals surface area contributed by atoms with Crippen molar-refractivity contribution in [3.63, 3.8) is 0 Å². The van der Waals surface area contributed by atoms with E-state index in [9.17, 15) is 18.0 Å². The second-order valence-corrected chi connectivity index (χ2v) is 4.86. The monoisotopic (exact) mass is 252 g/mol. The lowest BCUT2D eigenvalue weighted by Crippen LogP contribution is -2.38. The van der Waals surface area contributed by atoms with Gasteiger partial charge in [0.15, 0.2) is 0 Å². The molecule has 1 rings (SSSR count). The molecule has 0 aliphatic heterocycles. The van der Waals surface area contributed by atoms with Crippen molar-refractivity contribution in [1.29, 1.82) is 0 Å². The van der Waals surface area contributed by atoms with Crippen LogP contribution in [0.15, 0.2) is 0 Å². The van der Waals surface area contributed by atoms with Crippen LogP contribution in [0.5, 0.6) is 0 Å². The molecule has 1 aliphatic carbocycles. The van der Waals surface area contributed by atoms with Crippen molar-refractivity contribution in [2.45, 2.75) is 44.3 Å². The fourth-order valence-corrected chi connectivity index (χ4v) is 2.28. The molecule has 0 aromatic carbocycles. The Labute approximate surface area is 99.1 Å². The Kier molecular flexibility index (Phi) is 4.80. The number of nitrogens with zero attached hydrogens (tertiary/aromatic N) is 1. The van der Waals surface area contributed by atoms with Crippen molar-refractivity contribution in [3.05, 3.63) is 0 Å². The number of hydrogen-bond acceptors (Lipinski definition) is 2. The summed E-state index contributed by atoms with van der Waals surface area (Å²) in [5, 5.41) is 0. The Bertz CT molecular complexity index is 268. The Hall–Kier alpha value is -0.780. The summed E-state index contributed by atoms with van der Waals surface area (Å²) < 4.78 is 36.3. The van der Waals surface area contributed by atoms with Crippen molar-refractivity contribution < 1.29 is 18.0 Å². The van der Waals surface area contributed by atoms with Crippen LogP contribution in [-0.4, -0.2) is 36.6 Å². The van der Waals surface area contributed by atoms with Gasteiger partial charge in [0.2, 0.25) is 5.91 Å². The van der Waals surface area contributed by atoms with Gasteiger partial charge in [-0.05, 0) is 25.2 Å². The fraction of sp³-hybridized carbons (Fsp3) is 0.909. The molecule has 6 heteroatoms. The van der Waals surface area contributed by atoms with Crippen molar-refractivity contribution >= 4 is 5.91 Å². The van der Waals surface area contributed by atoms with Gasteiger partial charge < -0.3 is 10.6 Å². The zero-order valence-corrected chi connectivity index (χ0v) is 9.96. The van der Waals surface area contributed by atoms with Gasteiger partial charge in [0, 0.05) is 19.5 Å². The lowest BCUT2D eigenvalue weighted by Gasteiger charge is -2.28. The predicted molar refractivity (Wildman–Crippen MR) is 58.2 cm³/mol. The van der Waals surface area contributed by atoms with Crippen LogP contribution >= 0.6 is 0 Å². The molecule has 0 aromatic heterocycles. The summed E-state index contributed by atoms with van der Waals surface area (Å²) in [5.74, 6) is -0.302. The van der Waals surface area contributed by atoms with Crippen LogP contribution in [0.25, 0.3) is 0 Å². The maximum absolute atomic E-state index is 12.1. The average molecular weight is 252 g/mol. The maximum Gasteiger partial charge on any atom is 0.406 e. The lowest BCUT2D eigenvalue weighted by atomic mass is 9.84. The van der Waals surface area contributed by atoms with Crippen LogP contribution < -0.4 is 5.73 Å². The molecule has 100 valence electrons. The van der Waals surface area contributed by atoms with Crippen LogP contribution in [0.1, 0.15) is 32.1 Å². The lowest BCUT2D eigenvalue weighted by molar-refractivity contribution is -0.159. The number of carbonyl (C=O) groups excluding carboxylic acids is 1. The molecule has 0 heterocycles. The molecule has 2 N–H and O–H groups in total. The Balaban J connectivity index is 2.37. The quantitative estimate of drug-likeness (QED) is 0.834. The highest BCUT2D eigenvalue weighted by molar-refractivity contribution is 5.76. The van der Waals surface area contributed by atoms with Crippen molar-refractivity contribution in [2.75, 3.05) is 13.6 Å². The highest BCUT2D eigenvalue weighted by Gasteiger charge is 2.32. The second-order valence-electron chi connectivity index (χ2n) is 4.86. The number of nitrogens with two attached hydrogens (primary N) is 1. The summed E-state index contributed by atoms with van der Waals surface area (Å²) in [6.07, 6.45) is -0.607. The van der Waals surface area contributed by atoms with Gasteiger partial charge in [-0.15, -0.1) is 0 Å². The molecule has 3 nitrogen and oxygen atoms in total. The minimum atomic E-state index is -4.33. The summed E-state index contributed by atoms with van der Waals surface area (Å²) in [5.41, 5.74) is 5.77. The molecule has 0 spiro atoms. The summed E-state index contributed by atoms with van der Waals surface area (Å²) in [7, 11) is 1.19. The normalized spacial score (nSPS) is 25.7. The standard InChI is InChI=1S/C11H19F3N2O/c1-16(7-11(12,13)14)10(17)6-8-3-2-4-9(15)5-8/h8-9H,2-7,15H2,1H3. The van der Waals surface area contributed by atoms with Gasteiger partial charge in [-0.3, -0.25) is 4.79 Å². The summed E-state index contributed by atoms with van der Waals surface area (Å²) >= 11 is 0. The van der Waals surface area contributed by atoms with E-state index in [4.69, 9.17) is 5.73 Å². The number of alkyl halides is 3. The van der Waals surface area contributed by atoms with E-state index in [0.717, 1.165) is 30.6 Å². The van der Waals surface area contributed by atoms with Crippen molar-refractivity contribution in [1.82, 2.24) is 4.90 Å². The van der Waals surface area contributed by atoms with E-state index in [-0.39, 0.29) is 18.4 Å². The third-order valence-electron chi connectivity index (χ3n) is 3.13. The molecule has 0 aromatic rings. The third kappa shape index (κ3) is 5.39. The van der Waals surface area contributed by atoms with E-state index in [2.05, 4.69) is 0 Å². The molecule has 2 unspecified atom stereocenters. The number of hydrogen-bond donors (Lipinski definition) is 1. The topological polar surface area (TPSA) is 46.3 Å². The van der Waals surface area contributed by atoms with Crippen LogP contribution in [0.2, 0.25) is 0 Å². The minimum absolute atomic E-state index is 0.0921. The largest absolute Gasteiger partial charge is 0.406 e. The van der Waals surface area contributed by atoms with Crippen LogP contribution in [0, 0.1) is 5.92 Å². The average Bonchev–Trinajstić information content (AvgIpc) is 2.14. The van der Waals surface area contributed by atoms with E-state index >= 15 is 0 Å². The summed E-state index contributed by atoms with van der Waals surface area (Å²) in [6, 6.07) is 0.0921. The summed E-state index contributed by atoms with van der Waals surface area (Å²) in [4.78, 5) is 12.3. The highest BCUT2D eigenvalue weighted by atomic mass is 19.4. The SMILES string of the molecule is CN(CC(F)(F)F)C(=O)CC1CCCC(N)C1. The van der Waals surface area contributed by atoms with E-state index < -0.39 is 18.6 Å². The van der Waals surface area contributed by atoms with Crippen LogP contribution in [0.3, 0.4) is 0 Å². The maximum atomic E-state index is 12.1. The minimum Gasteiger partial charge on any atom is -0.337 e. The first-order chi connectivity index (χ1) is 7.78. The van der Waals surface area contributed by atoms with Gasteiger partial charge in [0.1, 0.15) is 6.54 Å². The van der Waals surface area contributed by atoms with E-state index in [0.29, 0.717) is 0 Å². The first-order valence-electron chi connectivity index (χ1n) is 5.84. The van der Waals surface area contributed by atoms with Crippen LogP contribution in [-0.2, 0) is 4.79 Å². The predicted octanol–water partition coefficient (Wildman–Crippen LogP) is 1.91. The van der Waals surface area contributed by atoms with Gasteiger partial charge in [-0.1, -0.05) is 6.42 Å². The van der Waals surface area contributed by atoms with Crippen molar-refractivity contribution in [3.8, 4) is 0 Å². The molecule has 1 aliphatic rings. The first kappa shape index (κ1) is 14.3. The molecule has 0 radical (unpaired) electrons. The first-order valence-corrected chi connectivity index (χ1v) is 5.84. The summed E-state index contributed by atoms with van der Waals surface area (Å²) in [6.45, 7) is -1.18. The van der Waals surface area contributed by atoms with Gasteiger partial charge >= 0.3 is 6.18 Å². The van der Waals surface area contributed by atoms with Gasteiger partial charge in [0.25, 0.3) is 0 Å². The molecule has 0 bridgehead atoms. The Morgan fingerprint density at radius 3 is 2.59 bits per heavy atom. The van der Waals surface area contributed by atoms with Crippen LogP contribution in [0.4, 0.5) is 13.2 Å². The Morgan fingerprint density at radius 2 is 2.06 bits per heavy atom. The second kappa shape index (κ2) is 5.71. The van der Waals surface area contributed by atoms with Gasteiger partial charge in [-0.25, -0.2) is 0 Å². The number of rotatable bonds is 3. The Morgan fingerprint density at radius 1 is 1.41 bits per heavy atom. The molecular formula is C11H19F3N2O. The zero-order chi connectivity index (χ0) is 13.1. The van der Waals surface area contributed by atoms with E-state index in [1.807, 2.05) is 0 Å². The highest BCUT2D eigenvalue weighted by Crippen LogP contribution is 2.26. The van der Waals surface area contributed by atoms with E-state index in [1.165, 1.54) is 7.05 Å².